The molecule has 2 atom stereocenters. The molecule has 3 heterocycles. The summed E-state index contributed by atoms with van der Waals surface area (Å²) in [6, 6.07) is 3.82. The number of pyridine rings is 1. The molecule has 2 aliphatic heterocycles. The SMILES string of the molecule is O=C(O)N1C[C@@H]2CN(c3ccc(Cl)nc3)C[C@@H]21. The van der Waals surface area contributed by atoms with Crippen molar-refractivity contribution in [3.63, 3.8) is 0 Å². The Labute approximate surface area is 104 Å². The fourth-order valence-electron chi connectivity index (χ4n) is 2.62. The molecule has 0 unspecified atom stereocenters. The smallest absolute Gasteiger partial charge is 0.407 e. The third-order valence-electron chi connectivity index (χ3n) is 3.56. The minimum atomic E-state index is -0.817. The molecule has 6 heteroatoms. The van der Waals surface area contributed by atoms with Gasteiger partial charge in [-0.05, 0) is 12.1 Å². The van der Waals surface area contributed by atoms with Crippen LogP contribution in [0.25, 0.3) is 0 Å². The van der Waals surface area contributed by atoms with E-state index in [0.717, 1.165) is 18.8 Å². The Bertz CT molecular complexity index is 451. The lowest BCUT2D eigenvalue weighted by atomic mass is 9.93. The van der Waals surface area contributed by atoms with Crippen LogP contribution in [-0.4, -0.2) is 46.8 Å². The second-order valence-electron chi connectivity index (χ2n) is 4.51. The van der Waals surface area contributed by atoms with Crippen molar-refractivity contribution in [1.29, 1.82) is 0 Å². The molecule has 90 valence electrons. The van der Waals surface area contributed by atoms with Gasteiger partial charge in [0.1, 0.15) is 5.15 Å². The Morgan fingerprint density at radius 1 is 1.41 bits per heavy atom. The number of nitrogens with zero attached hydrogens (tertiary/aromatic N) is 3. The first-order chi connectivity index (χ1) is 8.15. The molecular weight excluding hydrogens is 242 g/mol. The summed E-state index contributed by atoms with van der Waals surface area (Å²) < 4.78 is 0. The summed E-state index contributed by atoms with van der Waals surface area (Å²) >= 11 is 5.74. The number of anilines is 1. The molecule has 1 aromatic heterocycles. The summed E-state index contributed by atoms with van der Waals surface area (Å²) in [4.78, 5) is 18.6. The average Bonchev–Trinajstić information content (AvgIpc) is 2.58. The van der Waals surface area contributed by atoms with E-state index in [1.165, 1.54) is 4.90 Å². The third-order valence-corrected chi connectivity index (χ3v) is 3.78. The fraction of sp³-hybridized carbons (Fsp3) is 0.455. The molecule has 0 saturated carbocycles. The molecule has 17 heavy (non-hydrogen) atoms. The Hall–Kier alpha value is -1.49. The monoisotopic (exact) mass is 253 g/mol. The van der Waals surface area contributed by atoms with Crippen molar-refractivity contribution in [3.05, 3.63) is 23.5 Å². The van der Waals surface area contributed by atoms with Gasteiger partial charge in [0.05, 0.1) is 17.9 Å². The van der Waals surface area contributed by atoms with Crippen LogP contribution in [0.2, 0.25) is 5.15 Å². The van der Waals surface area contributed by atoms with E-state index in [1.54, 1.807) is 12.3 Å². The molecule has 0 aliphatic carbocycles. The van der Waals surface area contributed by atoms with Gasteiger partial charge in [0.25, 0.3) is 0 Å². The van der Waals surface area contributed by atoms with Crippen LogP contribution in [0, 0.1) is 5.92 Å². The van der Waals surface area contributed by atoms with Crippen LogP contribution >= 0.6 is 11.6 Å². The average molecular weight is 254 g/mol. The minimum Gasteiger partial charge on any atom is -0.465 e. The highest BCUT2D eigenvalue weighted by molar-refractivity contribution is 6.29. The predicted molar refractivity (Wildman–Crippen MR) is 63.5 cm³/mol. The molecular formula is C11H12ClN3O2. The van der Waals surface area contributed by atoms with Crippen LogP contribution in [0.3, 0.4) is 0 Å². The normalized spacial score (nSPS) is 26.6. The molecule has 2 saturated heterocycles. The molecule has 2 fully saturated rings. The molecule has 3 rings (SSSR count). The van der Waals surface area contributed by atoms with Crippen LogP contribution in [0.1, 0.15) is 0 Å². The van der Waals surface area contributed by atoms with Gasteiger partial charge in [-0.15, -0.1) is 0 Å². The molecule has 5 nitrogen and oxygen atoms in total. The van der Waals surface area contributed by atoms with Gasteiger partial charge in [-0.3, -0.25) is 0 Å². The van der Waals surface area contributed by atoms with Crippen molar-refractivity contribution in [2.45, 2.75) is 6.04 Å². The summed E-state index contributed by atoms with van der Waals surface area (Å²) in [5.41, 5.74) is 1.01. The van der Waals surface area contributed by atoms with Gasteiger partial charge in [0.15, 0.2) is 0 Å². The number of amides is 1. The summed E-state index contributed by atoms with van der Waals surface area (Å²) in [7, 11) is 0. The Morgan fingerprint density at radius 2 is 2.24 bits per heavy atom. The number of aromatic nitrogens is 1. The second-order valence-corrected chi connectivity index (χ2v) is 4.89. The predicted octanol–water partition coefficient (Wildman–Crippen LogP) is 1.53. The van der Waals surface area contributed by atoms with E-state index in [2.05, 4.69) is 9.88 Å². The largest absolute Gasteiger partial charge is 0.465 e. The van der Waals surface area contributed by atoms with Gasteiger partial charge in [0, 0.05) is 25.6 Å². The van der Waals surface area contributed by atoms with Crippen LogP contribution in [0.5, 0.6) is 0 Å². The van der Waals surface area contributed by atoms with E-state index in [4.69, 9.17) is 16.7 Å². The molecule has 0 radical (unpaired) electrons. The number of rotatable bonds is 1. The van der Waals surface area contributed by atoms with E-state index >= 15 is 0 Å². The van der Waals surface area contributed by atoms with E-state index in [0.29, 0.717) is 17.6 Å². The van der Waals surface area contributed by atoms with Gasteiger partial charge in [-0.1, -0.05) is 11.6 Å². The third kappa shape index (κ3) is 1.70. The molecule has 1 aromatic rings. The number of halogens is 1. The van der Waals surface area contributed by atoms with Gasteiger partial charge < -0.3 is 14.9 Å². The number of hydrogen-bond acceptors (Lipinski definition) is 3. The van der Waals surface area contributed by atoms with Crippen molar-refractivity contribution >= 4 is 23.4 Å². The number of likely N-dealkylation sites (tertiary alicyclic amines) is 1. The van der Waals surface area contributed by atoms with Crippen molar-refractivity contribution in [2.75, 3.05) is 24.5 Å². The van der Waals surface area contributed by atoms with Gasteiger partial charge in [0.2, 0.25) is 0 Å². The van der Waals surface area contributed by atoms with Crippen molar-refractivity contribution in [3.8, 4) is 0 Å². The minimum absolute atomic E-state index is 0.142. The molecule has 0 bridgehead atoms. The number of carbonyl (C=O) groups is 1. The first-order valence-electron chi connectivity index (χ1n) is 5.51. The standard InChI is InChI=1S/C11H12ClN3O2/c12-10-2-1-8(3-13-10)14-4-7-5-15(11(16)17)9(7)6-14/h1-3,7,9H,4-6H2,(H,16,17)/t7-,9-/m0/s1. The maximum atomic E-state index is 10.9. The molecule has 1 N–H and O–H groups in total. The van der Waals surface area contributed by atoms with Crippen LogP contribution in [-0.2, 0) is 0 Å². The summed E-state index contributed by atoms with van der Waals surface area (Å²) in [5.74, 6) is 0.460. The Morgan fingerprint density at radius 3 is 2.88 bits per heavy atom. The van der Waals surface area contributed by atoms with E-state index < -0.39 is 6.09 Å². The zero-order valence-corrected chi connectivity index (χ0v) is 9.84. The van der Waals surface area contributed by atoms with Gasteiger partial charge in [-0.2, -0.15) is 0 Å². The Kier molecular flexibility index (Phi) is 2.36. The lowest BCUT2D eigenvalue weighted by molar-refractivity contribution is 0.0507. The number of carboxylic acid groups (broad SMARTS) is 1. The molecule has 0 spiro atoms. The molecule has 0 aromatic carbocycles. The van der Waals surface area contributed by atoms with Crippen LogP contribution in [0.15, 0.2) is 18.3 Å². The molecule has 2 aliphatic rings. The van der Waals surface area contributed by atoms with Crippen molar-refractivity contribution in [2.24, 2.45) is 5.92 Å². The summed E-state index contributed by atoms with van der Waals surface area (Å²) in [6.45, 7) is 2.30. The number of fused-ring (bicyclic) bond motifs is 1. The van der Waals surface area contributed by atoms with Crippen molar-refractivity contribution < 1.29 is 9.90 Å². The van der Waals surface area contributed by atoms with E-state index in [1.807, 2.05) is 6.07 Å². The first kappa shape index (κ1) is 10.7. The summed E-state index contributed by atoms with van der Waals surface area (Å²) in [5, 5.41) is 9.43. The fourth-order valence-corrected chi connectivity index (χ4v) is 2.73. The lowest BCUT2D eigenvalue weighted by Crippen LogP contribution is -2.57. The highest BCUT2D eigenvalue weighted by atomic mass is 35.5. The number of hydrogen-bond donors (Lipinski definition) is 1. The first-order valence-corrected chi connectivity index (χ1v) is 5.89. The second kappa shape index (κ2) is 3.77. The maximum Gasteiger partial charge on any atom is 0.407 e. The lowest BCUT2D eigenvalue weighted by Gasteiger charge is -2.40. The highest BCUT2D eigenvalue weighted by Crippen LogP contribution is 2.34. The zero-order valence-electron chi connectivity index (χ0n) is 9.08. The van der Waals surface area contributed by atoms with Gasteiger partial charge in [-0.25, -0.2) is 9.78 Å². The van der Waals surface area contributed by atoms with Gasteiger partial charge >= 0.3 is 6.09 Å². The van der Waals surface area contributed by atoms with E-state index in [9.17, 15) is 4.79 Å². The Balaban J connectivity index is 1.72. The molecule has 1 amide bonds. The van der Waals surface area contributed by atoms with Crippen LogP contribution in [0.4, 0.5) is 10.5 Å². The topological polar surface area (TPSA) is 56.7 Å². The summed E-state index contributed by atoms with van der Waals surface area (Å²) in [6.07, 6.45) is 0.917. The van der Waals surface area contributed by atoms with Crippen molar-refractivity contribution in [1.82, 2.24) is 9.88 Å². The maximum absolute atomic E-state index is 10.9. The highest BCUT2D eigenvalue weighted by Gasteiger charge is 2.47. The zero-order chi connectivity index (χ0) is 12.0. The van der Waals surface area contributed by atoms with E-state index in [-0.39, 0.29) is 6.04 Å². The quantitative estimate of drug-likeness (QED) is 0.772. The van der Waals surface area contributed by atoms with Crippen LogP contribution < -0.4 is 4.90 Å².